The number of aliphatic hydroxyl groups is 2. The van der Waals surface area contributed by atoms with Crippen molar-refractivity contribution in [3.63, 3.8) is 0 Å². The molecule has 0 aromatic heterocycles. The molecule has 4 rings (SSSR count). The molecule has 5 heteroatoms. The Hall–Kier alpha value is -0.940. The van der Waals surface area contributed by atoms with Gasteiger partial charge in [0.05, 0.1) is 12.2 Å². The minimum atomic E-state index is -1.02. The number of aliphatic carboxylic acids is 1. The number of Topliss-reactive ketones (excluding diaryl/α,β-unsaturated/α-hetero) is 1. The molecule has 0 unspecified atom stereocenters. The predicted molar refractivity (Wildman–Crippen MR) is 106 cm³/mol. The van der Waals surface area contributed by atoms with Crippen molar-refractivity contribution in [1.29, 1.82) is 0 Å². The Kier molecular flexibility index (Phi) is 5.39. The largest absolute Gasteiger partial charge is 0.550 e. The highest BCUT2D eigenvalue weighted by Crippen LogP contribution is 2.67. The van der Waals surface area contributed by atoms with Crippen LogP contribution in [-0.2, 0) is 9.59 Å². The molecule has 4 saturated carbocycles. The van der Waals surface area contributed by atoms with Crippen LogP contribution in [0.2, 0.25) is 0 Å². The quantitative estimate of drug-likeness (QED) is 0.748. The summed E-state index contributed by atoms with van der Waals surface area (Å²) in [4.78, 5) is 24.6. The van der Waals surface area contributed by atoms with Gasteiger partial charge in [-0.3, -0.25) is 4.79 Å². The molecule has 4 fully saturated rings. The number of fused-ring (bicyclic) bond motifs is 5. The van der Waals surface area contributed by atoms with E-state index in [0.717, 1.165) is 38.5 Å². The molecule has 0 aromatic rings. The molecule has 0 radical (unpaired) electrons. The first-order valence-electron chi connectivity index (χ1n) is 11.7. The minimum absolute atomic E-state index is 0.0266. The maximum Gasteiger partial charge on any atom is 0.139 e. The fourth-order valence-corrected chi connectivity index (χ4v) is 8.41. The molecule has 0 bridgehead atoms. The first kappa shape index (κ1) is 21.3. The third-order valence-electron chi connectivity index (χ3n) is 10.1. The highest BCUT2D eigenvalue weighted by molar-refractivity contribution is 5.87. The summed E-state index contributed by atoms with van der Waals surface area (Å²) in [5.74, 6) is 0.477. The van der Waals surface area contributed by atoms with Crippen LogP contribution in [0.4, 0.5) is 0 Å². The lowest BCUT2D eigenvalue weighted by Gasteiger charge is -2.61. The lowest BCUT2D eigenvalue weighted by Crippen LogP contribution is -2.61. The molecule has 0 heterocycles. The van der Waals surface area contributed by atoms with Crippen LogP contribution in [0.3, 0.4) is 0 Å². The Morgan fingerprint density at radius 3 is 2.59 bits per heavy atom. The summed E-state index contributed by atoms with van der Waals surface area (Å²) in [7, 11) is 0. The van der Waals surface area contributed by atoms with E-state index >= 15 is 0 Å². The van der Waals surface area contributed by atoms with E-state index in [4.69, 9.17) is 0 Å². The SMILES string of the molecule is C[C@H](CCC(=O)[O-])[C@H]1CC[C@H]2[C@@H]3[C@@H](O)C[C@@H]4C[C@H](O)CC[C@]4(C)[C@H]3CC(=O)[C@]12C. The zero-order chi connectivity index (χ0) is 21.1. The van der Waals surface area contributed by atoms with Gasteiger partial charge in [-0.25, -0.2) is 0 Å². The lowest BCUT2D eigenvalue weighted by molar-refractivity contribution is -0.306. The normalized spacial score (nSPS) is 50.4. The van der Waals surface area contributed by atoms with E-state index in [-0.39, 0.29) is 47.5 Å². The standard InChI is InChI=1S/C24H38O5/c1-13(4-7-21(28)29)16-5-6-17-22-18(12-20(27)24(16,17)3)23(2)9-8-15(25)10-14(23)11-19(22)26/h13-19,22,25-26H,4-12H2,1-3H3,(H,28,29)/p-1/t13-,14+,15-,16-,17+,18+,19+,22+,23+,24-/m1/s1. The fourth-order valence-electron chi connectivity index (χ4n) is 8.41. The maximum absolute atomic E-state index is 13.6. The third kappa shape index (κ3) is 3.18. The van der Waals surface area contributed by atoms with Crippen LogP contribution in [0.15, 0.2) is 0 Å². The summed E-state index contributed by atoms with van der Waals surface area (Å²) in [5.41, 5.74) is -0.427. The Bertz CT molecular complexity index is 676. The van der Waals surface area contributed by atoms with Crippen molar-refractivity contribution in [1.82, 2.24) is 0 Å². The monoisotopic (exact) mass is 405 g/mol. The van der Waals surface area contributed by atoms with Crippen molar-refractivity contribution >= 4 is 11.8 Å². The van der Waals surface area contributed by atoms with Crippen molar-refractivity contribution in [2.75, 3.05) is 0 Å². The van der Waals surface area contributed by atoms with Gasteiger partial charge in [0.25, 0.3) is 0 Å². The highest BCUT2D eigenvalue weighted by Gasteiger charge is 2.65. The second kappa shape index (κ2) is 7.33. The van der Waals surface area contributed by atoms with E-state index in [1.54, 1.807) is 0 Å². The van der Waals surface area contributed by atoms with Crippen LogP contribution in [0, 0.1) is 46.3 Å². The summed E-state index contributed by atoms with van der Waals surface area (Å²) >= 11 is 0. The van der Waals surface area contributed by atoms with Crippen molar-refractivity contribution in [3.05, 3.63) is 0 Å². The summed E-state index contributed by atoms with van der Waals surface area (Å²) in [6.45, 7) is 6.49. The lowest BCUT2D eigenvalue weighted by atomic mass is 9.43. The van der Waals surface area contributed by atoms with Gasteiger partial charge in [0.1, 0.15) is 5.78 Å². The van der Waals surface area contributed by atoms with Crippen molar-refractivity contribution < 1.29 is 24.9 Å². The van der Waals surface area contributed by atoms with E-state index in [1.807, 2.05) is 0 Å². The van der Waals surface area contributed by atoms with Crippen LogP contribution >= 0.6 is 0 Å². The summed E-state index contributed by atoms with van der Waals surface area (Å²) in [5, 5.41) is 32.3. The van der Waals surface area contributed by atoms with E-state index < -0.39 is 17.5 Å². The van der Waals surface area contributed by atoms with E-state index in [9.17, 15) is 24.9 Å². The smallest absolute Gasteiger partial charge is 0.139 e. The summed E-state index contributed by atoms with van der Waals surface area (Å²) in [6.07, 6.45) is 5.55. The van der Waals surface area contributed by atoms with Gasteiger partial charge in [-0.1, -0.05) is 20.8 Å². The molecule has 0 amide bonds. The molecule has 4 aliphatic carbocycles. The number of hydrogen-bond acceptors (Lipinski definition) is 5. The number of carboxylic acid groups (broad SMARTS) is 1. The maximum atomic E-state index is 13.6. The molecule has 0 aromatic carbocycles. The molecule has 0 saturated heterocycles. The van der Waals surface area contributed by atoms with Crippen molar-refractivity contribution in [2.24, 2.45) is 46.3 Å². The van der Waals surface area contributed by atoms with Crippen molar-refractivity contribution in [3.8, 4) is 0 Å². The topological polar surface area (TPSA) is 97.7 Å². The molecule has 29 heavy (non-hydrogen) atoms. The first-order chi connectivity index (χ1) is 13.6. The molecule has 0 aliphatic heterocycles. The number of carbonyl (C=O) groups excluding carboxylic acids is 2. The zero-order valence-corrected chi connectivity index (χ0v) is 18.1. The molecular weight excluding hydrogens is 368 g/mol. The molecule has 164 valence electrons. The second-order valence-electron chi connectivity index (χ2n) is 11.2. The Morgan fingerprint density at radius 1 is 1.17 bits per heavy atom. The van der Waals surface area contributed by atoms with Crippen LogP contribution in [0.5, 0.6) is 0 Å². The third-order valence-corrected chi connectivity index (χ3v) is 10.1. The van der Waals surface area contributed by atoms with Gasteiger partial charge >= 0.3 is 0 Å². The number of carbonyl (C=O) groups is 2. The molecular formula is C24H37O5-. The number of hydrogen-bond donors (Lipinski definition) is 2. The van der Waals surface area contributed by atoms with Crippen molar-refractivity contribution in [2.45, 2.75) is 90.8 Å². The molecule has 0 spiro atoms. The first-order valence-corrected chi connectivity index (χ1v) is 11.7. The predicted octanol–water partition coefficient (Wildman–Crippen LogP) is 2.32. The van der Waals surface area contributed by atoms with Gasteiger partial charge < -0.3 is 20.1 Å². The summed E-state index contributed by atoms with van der Waals surface area (Å²) < 4.78 is 0. The number of rotatable bonds is 4. The Labute approximate surface area is 174 Å². The fraction of sp³-hybridized carbons (Fsp3) is 0.917. The molecule has 4 aliphatic rings. The second-order valence-corrected chi connectivity index (χ2v) is 11.2. The van der Waals surface area contributed by atoms with E-state index in [1.165, 1.54) is 0 Å². The van der Waals surface area contributed by atoms with E-state index in [2.05, 4.69) is 20.8 Å². The zero-order valence-electron chi connectivity index (χ0n) is 18.1. The number of ketones is 1. The van der Waals surface area contributed by atoms with E-state index in [0.29, 0.717) is 24.5 Å². The molecule has 5 nitrogen and oxygen atoms in total. The average molecular weight is 406 g/mol. The van der Waals surface area contributed by atoms with Gasteiger partial charge in [-0.05, 0) is 92.3 Å². The minimum Gasteiger partial charge on any atom is -0.550 e. The van der Waals surface area contributed by atoms with Crippen LogP contribution in [0.25, 0.3) is 0 Å². The number of carboxylic acids is 1. The van der Waals surface area contributed by atoms with Crippen LogP contribution < -0.4 is 5.11 Å². The Morgan fingerprint density at radius 2 is 1.90 bits per heavy atom. The molecule has 2 N–H and O–H groups in total. The van der Waals surface area contributed by atoms with Gasteiger partial charge in [0.2, 0.25) is 0 Å². The summed E-state index contributed by atoms with van der Waals surface area (Å²) in [6, 6.07) is 0. The Balaban J connectivity index is 1.62. The van der Waals surface area contributed by atoms with Gasteiger partial charge in [-0.15, -0.1) is 0 Å². The van der Waals surface area contributed by atoms with Crippen LogP contribution in [0.1, 0.15) is 78.6 Å². The molecule has 10 atom stereocenters. The highest BCUT2D eigenvalue weighted by atomic mass is 16.4. The number of aliphatic hydroxyl groups excluding tert-OH is 2. The van der Waals surface area contributed by atoms with Gasteiger partial charge in [0.15, 0.2) is 0 Å². The van der Waals surface area contributed by atoms with Gasteiger partial charge in [-0.2, -0.15) is 0 Å². The average Bonchev–Trinajstić information content (AvgIpc) is 3.01. The van der Waals surface area contributed by atoms with Crippen LogP contribution in [-0.4, -0.2) is 34.2 Å². The van der Waals surface area contributed by atoms with Gasteiger partial charge in [0, 0.05) is 17.8 Å².